The van der Waals surface area contributed by atoms with Gasteiger partial charge in [-0.1, -0.05) is 6.42 Å². The van der Waals surface area contributed by atoms with Crippen molar-refractivity contribution in [1.82, 2.24) is 4.90 Å². The van der Waals surface area contributed by atoms with E-state index in [-0.39, 0.29) is 17.7 Å². The molecule has 0 fully saturated rings. The van der Waals surface area contributed by atoms with Gasteiger partial charge in [-0.15, -0.1) is 0 Å². The van der Waals surface area contributed by atoms with Gasteiger partial charge in [-0.2, -0.15) is 0 Å². The third-order valence-electron chi connectivity index (χ3n) is 3.71. The zero-order valence-electron chi connectivity index (χ0n) is 14.7. The van der Waals surface area contributed by atoms with Gasteiger partial charge in [0.2, 0.25) is 11.8 Å². The van der Waals surface area contributed by atoms with Crippen LogP contribution in [0.5, 0.6) is 0 Å². The summed E-state index contributed by atoms with van der Waals surface area (Å²) in [5, 5.41) is 26.9. The predicted octanol–water partition coefficient (Wildman–Crippen LogP) is -2.08. The standard InChI is InChI=1S/C15H26N4O8/c16-6-2-1-3-8(17)13(24)19(10(15(26)27)7-12(22)23)14(25)9(18)4-5-11(20)21/h8-10H,1-7,16-18H2,(H,20,21)(H,22,23)(H,26,27). The van der Waals surface area contributed by atoms with Crippen LogP contribution in [0.3, 0.4) is 0 Å². The number of carbonyl (C=O) groups is 5. The lowest BCUT2D eigenvalue weighted by atomic mass is 10.0. The zero-order valence-corrected chi connectivity index (χ0v) is 14.7. The SMILES string of the molecule is NCCCCC(N)C(=O)N(C(=O)C(N)CCC(=O)O)C(CC(=O)O)C(=O)O. The molecule has 12 heteroatoms. The molecule has 0 saturated heterocycles. The molecule has 0 rings (SSSR count). The van der Waals surface area contributed by atoms with Crippen molar-refractivity contribution in [2.24, 2.45) is 17.2 Å². The molecule has 3 atom stereocenters. The lowest BCUT2D eigenvalue weighted by molar-refractivity contribution is -0.161. The number of imide groups is 1. The maximum absolute atomic E-state index is 12.6. The maximum atomic E-state index is 12.6. The van der Waals surface area contributed by atoms with E-state index >= 15 is 0 Å². The number of carboxylic acid groups (broad SMARTS) is 3. The van der Waals surface area contributed by atoms with Crippen molar-refractivity contribution >= 4 is 29.7 Å². The number of rotatable bonds is 13. The molecule has 0 aliphatic carbocycles. The van der Waals surface area contributed by atoms with E-state index in [2.05, 4.69) is 0 Å². The monoisotopic (exact) mass is 390 g/mol. The second-order valence-corrected chi connectivity index (χ2v) is 5.93. The Labute approximate surface area is 155 Å². The second-order valence-electron chi connectivity index (χ2n) is 5.93. The number of carboxylic acids is 3. The van der Waals surface area contributed by atoms with E-state index in [0.29, 0.717) is 19.4 Å². The van der Waals surface area contributed by atoms with Crippen LogP contribution < -0.4 is 17.2 Å². The maximum Gasteiger partial charge on any atom is 0.327 e. The highest BCUT2D eigenvalue weighted by Gasteiger charge is 2.40. The molecule has 0 aliphatic heterocycles. The molecule has 154 valence electrons. The lowest BCUT2D eigenvalue weighted by Crippen LogP contribution is -2.58. The first-order chi connectivity index (χ1) is 12.5. The highest BCUT2D eigenvalue weighted by atomic mass is 16.4. The Balaban J connectivity index is 5.60. The van der Waals surface area contributed by atoms with Crippen LogP contribution >= 0.6 is 0 Å². The lowest BCUT2D eigenvalue weighted by Gasteiger charge is -2.30. The van der Waals surface area contributed by atoms with E-state index in [0.717, 1.165) is 0 Å². The average molecular weight is 390 g/mol. The fourth-order valence-electron chi connectivity index (χ4n) is 2.26. The Hall–Kier alpha value is -2.57. The third-order valence-corrected chi connectivity index (χ3v) is 3.71. The summed E-state index contributed by atoms with van der Waals surface area (Å²) in [6.45, 7) is 0.348. The van der Waals surface area contributed by atoms with Gasteiger partial charge in [-0.3, -0.25) is 24.1 Å². The summed E-state index contributed by atoms with van der Waals surface area (Å²) in [5.74, 6) is -6.79. The van der Waals surface area contributed by atoms with E-state index in [1.807, 2.05) is 0 Å². The Morgan fingerprint density at radius 3 is 1.74 bits per heavy atom. The van der Waals surface area contributed by atoms with Crippen LogP contribution in [0.1, 0.15) is 38.5 Å². The molecule has 0 spiro atoms. The van der Waals surface area contributed by atoms with Crippen molar-refractivity contribution in [3.8, 4) is 0 Å². The van der Waals surface area contributed by atoms with E-state index in [1.165, 1.54) is 0 Å². The quantitative estimate of drug-likeness (QED) is 0.187. The number of hydrogen-bond acceptors (Lipinski definition) is 8. The number of nitrogens with two attached hydrogens (primary N) is 3. The molecule has 3 unspecified atom stereocenters. The number of hydrogen-bond donors (Lipinski definition) is 6. The fourth-order valence-corrected chi connectivity index (χ4v) is 2.26. The summed E-state index contributed by atoms with van der Waals surface area (Å²) >= 11 is 0. The van der Waals surface area contributed by atoms with Crippen LogP contribution in [0.15, 0.2) is 0 Å². The first-order valence-corrected chi connectivity index (χ1v) is 8.27. The summed E-state index contributed by atoms with van der Waals surface area (Å²) in [6, 6.07) is -4.78. The third kappa shape index (κ3) is 8.57. The summed E-state index contributed by atoms with van der Waals surface area (Å²) in [7, 11) is 0. The second kappa shape index (κ2) is 11.9. The van der Waals surface area contributed by atoms with Crippen molar-refractivity contribution in [3.05, 3.63) is 0 Å². The summed E-state index contributed by atoms with van der Waals surface area (Å²) in [6.07, 6.45) is -0.816. The van der Waals surface area contributed by atoms with Crippen molar-refractivity contribution in [2.75, 3.05) is 6.54 Å². The van der Waals surface area contributed by atoms with Crippen LogP contribution in [0, 0.1) is 0 Å². The number of amides is 2. The number of carbonyl (C=O) groups excluding carboxylic acids is 2. The Kier molecular flexibility index (Phi) is 10.8. The molecule has 0 aliphatic rings. The van der Waals surface area contributed by atoms with Crippen molar-refractivity contribution in [1.29, 1.82) is 0 Å². The first kappa shape index (κ1) is 24.4. The molecule has 2 amide bonds. The predicted molar refractivity (Wildman–Crippen MR) is 91.3 cm³/mol. The van der Waals surface area contributed by atoms with Crippen molar-refractivity contribution in [3.63, 3.8) is 0 Å². The molecular formula is C15H26N4O8. The van der Waals surface area contributed by atoms with Gasteiger partial charge in [-0.25, -0.2) is 4.79 Å². The van der Waals surface area contributed by atoms with Crippen molar-refractivity contribution in [2.45, 2.75) is 56.7 Å². The summed E-state index contributed by atoms with van der Waals surface area (Å²) in [5.41, 5.74) is 16.7. The van der Waals surface area contributed by atoms with E-state index < -0.39 is 60.7 Å². The normalized spacial score (nSPS) is 14.0. The van der Waals surface area contributed by atoms with Crippen LogP contribution in [0.4, 0.5) is 0 Å². The Morgan fingerprint density at radius 2 is 1.33 bits per heavy atom. The number of nitrogens with zero attached hydrogens (tertiary/aromatic N) is 1. The Morgan fingerprint density at radius 1 is 0.815 bits per heavy atom. The Bertz CT molecular complexity index is 568. The molecular weight excluding hydrogens is 364 g/mol. The van der Waals surface area contributed by atoms with Gasteiger partial charge >= 0.3 is 17.9 Å². The zero-order chi connectivity index (χ0) is 21.1. The highest BCUT2D eigenvalue weighted by molar-refractivity contribution is 6.03. The smallest absolute Gasteiger partial charge is 0.327 e. The number of unbranched alkanes of at least 4 members (excludes halogenated alkanes) is 1. The average Bonchev–Trinajstić information content (AvgIpc) is 2.58. The summed E-state index contributed by atoms with van der Waals surface area (Å²) in [4.78, 5) is 58.4. The van der Waals surface area contributed by atoms with E-state index in [1.54, 1.807) is 0 Å². The van der Waals surface area contributed by atoms with Gasteiger partial charge in [0.1, 0.15) is 6.04 Å². The largest absolute Gasteiger partial charge is 0.481 e. The number of aliphatic carboxylic acids is 3. The van der Waals surface area contributed by atoms with E-state index in [9.17, 15) is 29.1 Å². The van der Waals surface area contributed by atoms with Gasteiger partial charge in [0.05, 0.1) is 18.5 Å². The molecule has 27 heavy (non-hydrogen) atoms. The molecule has 0 aromatic heterocycles. The molecule has 0 aromatic rings. The van der Waals surface area contributed by atoms with Gasteiger partial charge in [0.25, 0.3) is 0 Å². The van der Waals surface area contributed by atoms with Gasteiger partial charge in [-0.05, 0) is 25.8 Å². The van der Waals surface area contributed by atoms with Gasteiger partial charge in [0, 0.05) is 6.42 Å². The molecule has 0 bridgehead atoms. The molecule has 12 nitrogen and oxygen atoms in total. The highest BCUT2D eigenvalue weighted by Crippen LogP contribution is 2.14. The topological polar surface area (TPSA) is 227 Å². The van der Waals surface area contributed by atoms with Crippen LogP contribution in [-0.4, -0.2) is 74.6 Å². The molecule has 0 aromatic carbocycles. The molecule has 0 radical (unpaired) electrons. The van der Waals surface area contributed by atoms with Crippen LogP contribution in [0.25, 0.3) is 0 Å². The van der Waals surface area contributed by atoms with Crippen LogP contribution in [-0.2, 0) is 24.0 Å². The minimum Gasteiger partial charge on any atom is -0.481 e. The van der Waals surface area contributed by atoms with Gasteiger partial charge < -0.3 is 32.5 Å². The van der Waals surface area contributed by atoms with Gasteiger partial charge in [0.15, 0.2) is 0 Å². The molecule has 0 heterocycles. The van der Waals surface area contributed by atoms with Crippen LogP contribution in [0.2, 0.25) is 0 Å². The molecule has 9 N–H and O–H groups in total. The van der Waals surface area contributed by atoms with Crippen molar-refractivity contribution < 1.29 is 39.3 Å². The fraction of sp³-hybridized carbons (Fsp3) is 0.667. The molecule has 0 saturated carbocycles. The first-order valence-electron chi connectivity index (χ1n) is 8.27. The van der Waals surface area contributed by atoms with E-state index in [4.69, 9.17) is 27.4 Å². The summed E-state index contributed by atoms with van der Waals surface area (Å²) < 4.78 is 0. The minimum atomic E-state index is -2.01. The minimum absolute atomic E-state index is 0.101.